The number of carbonyl (C=O) groups is 1. The van der Waals surface area contributed by atoms with Crippen molar-refractivity contribution in [3.63, 3.8) is 0 Å². The summed E-state index contributed by atoms with van der Waals surface area (Å²) in [5.74, 6) is 0.166. The van der Waals surface area contributed by atoms with E-state index < -0.39 is 0 Å². The zero-order chi connectivity index (χ0) is 13.9. The van der Waals surface area contributed by atoms with E-state index in [-0.39, 0.29) is 29.4 Å². The van der Waals surface area contributed by atoms with Gasteiger partial charge in [0.25, 0.3) is 0 Å². The van der Waals surface area contributed by atoms with Gasteiger partial charge in [0.1, 0.15) is 0 Å². The Morgan fingerprint density at radius 3 is 2.50 bits per heavy atom. The average molecular weight is 304 g/mol. The summed E-state index contributed by atoms with van der Waals surface area (Å²) in [4.78, 5) is 14.6. The lowest BCUT2D eigenvalue weighted by Crippen LogP contribution is -2.64. The Balaban J connectivity index is 0.00000200. The third-order valence-electron chi connectivity index (χ3n) is 4.32. The maximum absolute atomic E-state index is 12.2. The number of nitrogens with zero attached hydrogens (tertiary/aromatic N) is 1. The highest BCUT2D eigenvalue weighted by molar-refractivity contribution is 5.85. The SMILES string of the molecule is CC(C)(C)NC(=O)CN1CCNCC12CCCCC2.Cl. The van der Waals surface area contributed by atoms with Crippen LogP contribution in [0, 0.1) is 0 Å². The van der Waals surface area contributed by atoms with Gasteiger partial charge in [-0.2, -0.15) is 0 Å². The molecule has 0 aromatic carbocycles. The molecule has 0 aromatic rings. The van der Waals surface area contributed by atoms with Gasteiger partial charge in [-0.25, -0.2) is 0 Å². The molecule has 1 amide bonds. The van der Waals surface area contributed by atoms with Crippen LogP contribution in [0.4, 0.5) is 0 Å². The van der Waals surface area contributed by atoms with Gasteiger partial charge in [-0.3, -0.25) is 9.69 Å². The number of hydrogen-bond acceptors (Lipinski definition) is 3. The van der Waals surface area contributed by atoms with E-state index >= 15 is 0 Å². The first-order chi connectivity index (χ1) is 8.91. The van der Waals surface area contributed by atoms with Crippen LogP contribution in [0.1, 0.15) is 52.9 Å². The maximum Gasteiger partial charge on any atom is 0.234 e. The van der Waals surface area contributed by atoms with E-state index in [9.17, 15) is 4.79 Å². The highest BCUT2D eigenvalue weighted by Gasteiger charge is 2.40. The molecule has 0 bridgehead atoms. The highest BCUT2D eigenvalue weighted by atomic mass is 35.5. The minimum Gasteiger partial charge on any atom is -0.350 e. The first kappa shape index (κ1) is 17.7. The molecule has 0 unspecified atom stereocenters. The van der Waals surface area contributed by atoms with Crippen LogP contribution >= 0.6 is 12.4 Å². The number of hydrogen-bond donors (Lipinski definition) is 2. The molecule has 4 nitrogen and oxygen atoms in total. The van der Waals surface area contributed by atoms with Gasteiger partial charge in [0.2, 0.25) is 5.91 Å². The van der Waals surface area contributed by atoms with Crippen molar-refractivity contribution in [2.45, 2.75) is 64.0 Å². The molecule has 1 saturated heterocycles. The first-order valence-electron chi connectivity index (χ1n) is 7.68. The molecule has 2 N–H and O–H groups in total. The largest absolute Gasteiger partial charge is 0.350 e. The molecular formula is C15H30ClN3O. The molecule has 5 heteroatoms. The van der Waals surface area contributed by atoms with Crippen molar-refractivity contribution in [3.8, 4) is 0 Å². The molecule has 0 aromatic heterocycles. The zero-order valence-corrected chi connectivity index (χ0v) is 13.9. The van der Waals surface area contributed by atoms with Crippen LogP contribution in [0.25, 0.3) is 0 Å². The monoisotopic (exact) mass is 303 g/mol. The van der Waals surface area contributed by atoms with Gasteiger partial charge >= 0.3 is 0 Å². The number of halogens is 1. The summed E-state index contributed by atoms with van der Waals surface area (Å²) in [5.41, 5.74) is 0.108. The van der Waals surface area contributed by atoms with Gasteiger partial charge in [0.15, 0.2) is 0 Å². The molecule has 1 saturated carbocycles. The van der Waals surface area contributed by atoms with Gasteiger partial charge in [0.05, 0.1) is 6.54 Å². The molecule has 0 atom stereocenters. The summed E-state index contributed by atoms with van der Waals surface area (Å²) in [6, 6.07) is 0. The number of carbonyl (C=O) groups excluding carboxylic acids is 1. The summed E-state index contributed by atoms with van der Waals surface area (Å²) in [6.45, 7) is 9.73. The lowest BCUT2D eigenvalue weighted by Gasteiger charge is -2.49. The molecule has 2 fully saturated rings. The van der Waals surface area contributed by atoms with Gasteiger partial charge < -0.3 is 10.6 Å². The molecule has 2 aliphatic rings. The fourth-order valence-corrected chi connectivity index (χ4v) is 3.46. The van der Waals surface area contributed by atoms with E-state index in [1.54, 1.807) is 0 Å². The predicted octanol–water partition coefficient (Wildman–Crippen LogP) is 1.93. The number of rotatable bonds is 2. The summed E-state index contributed by atoms with van der Waals surface area (Å²) >= 11 is 0. The lowest BCUT2D eigenvalue weighted by molar-refractivity contribution is -0.126. The van der Waals surface area contributed by atoms with E-state index in [4.69, 9.17) is 0 Å². The Kier molecular flexibility index (Phi) is 6.29. The molecule has 0 radical (unpaired) electrons. The Bertz CT molecular complexity index is 313. The topological polar surface area (TPSA) is 44.4 Å². The van der Waals surface area contributed by atoms with Crippen LogP contribution in [0.15, 0.2) is 0 Å². The number of amides is 1. The fourth-order valence-electron chi connectivity index (χ4n) is 3.46. The second-order valence-corrected chi connectivity index (χ2v) is 7.18. The van der Waals surface area contributed by atoms with Crippen LogP contribution in [0.2, 0.25) is 0 Å². The Morgan fingerprint density at radius 1 is 1.25 bits per heavy atom. The van der Waals surface area contributed by atoms with Crippen LogP contribution in [0.3, 0.4) is 0 Å². The normalized spacial score (nSPS) is 23.1. The molecular weight excluding hydrogens is 274 g/mol. The third-order valence-corrected chi connectivity index (χ3v) is 4.32. The van der Waals surface area contributed by atoms with Crippen molar-refractivity contribution < 1.29 is 4.79 Å². The highest BCUT2D eigenvalue weighted by Crippen LogP contribution is 2.34. The Morgan fingerprint density at radius 2 is 1.90 bits per heavy atom. The summed E-state index contributed by atoms with van der Waals surface area (Å²) < 4.78 is 0. The van der Waals surface area contributed by atoms with Crippen LogP contribution in [-0.4, -0.2) is 48.1 Å². The Hall–Kier alpha value is -0.320. The number of piperazine rings is 1. The van der Waals surface area contributed by atoms with Gasteiger partial charge in [-0.05, 0) is 33.6 Å². The first-order valence-corrected chi connectivity index (χ1v) is 7.68. The lowest BCUT2D eigenvalue weighted by atomic mass is 9.79. The van der Waals surface area contributed by atoms with Crippen molar-refractivity contribution in [1.82, 2.24) is 15.5 Å². The quantitative estimate of drug-likeness (QED) is 0.819. The number of nitrogens with one attached hydrogen (secondary N) is 2. The molecule has 1 heterocycles. The van der Waals surface area contributed by atoms with E-state index in [1.807, 2.05) is 20.8 Å². The fraction of sp³-hybridized carbons (Fsp3) is 0.933. The van der Waals surface area contributed by atoms with Crippen molar-refractivity contribution in [1.29, 1.82) is 0 Å². The van der Waals surface area contributed by atoms with Crippen molar-refractivity contribution in [2.24, 2.45) is 0 Å². The zero-order valence-electron chi connectivity index (χ0n) is 13.1. The molecule has 1 spiro atoms. The summed E-state index contributed by atoms with van der Waals surface area (Å²) in [6.07, 6.45) is 6.44. The van der Waals surface area contributed by atoms with E-state index in [2.05, 4.69) is 15.5 Å². The van der Waals surface area contributed by atoms with Crippen molar-refractivity contribution in [2.75, 3.05) is 26.2 Å². The predicted molar refractivity (Wildman–Crippen MR) is 85.4 cm³/mol. The van der Waals surface area contributed by atoms with E-state index in [0.29, 0.717) is 6.54 Å². The summed E-state index contributed by atoms with van der Waals surface area (Å²) in [7, 11) is 0. The van der Waals surface area contributed by atoms with Crippen LogP contribution in [-0.2, 0) is 4.79 Å². The second kappa shape index (κ2) is 7.10. The second-order valence-electron chi connectivity index (χ2n) is 7.18. The third kappa shape index (κ3) is 4.61. The molecule has 2 rings (SSSR count). The molecule has 118 valence electrons. The standard InChI is InChI=1S/C15H29N3O.ClH/c1-14(2,3)17-13(19)11-18-10-9-16-12-15(18)7-5-4-6-8-15;/h16H,4-12H2,1-3H3,(H,17,19);1H. The summed E-state index contributed by atoms with van der Waals surface area (Å²) in [5, 5.41) is 6.61. The van der Waals surface area contributed by atoms with E-state index in [1.165, 1.54) is 32.1 Å². The average Bonchev–Trinajstić information content (AvgIpc) is 2.31. The molecule has 1 aliphatic carbocycles. The molecule has 20 heavy (non-hydrogen) atoms. The Labute approximate surface area is 129 Å². The van der Waals surface area contributed by atoms with Gasteiger partial charge in [-0.15, -0.1) is 12.4 Å². The van der Waals surface area contributed by atoms with Gasteiger partial charge in [0, 0.05) is 30.7 Å². The molecule has 1 aliphatic heterocycles. The minimum absolute atomic E-state index is 0. The van der Waals surface area contributed by atoms with Crippen molar-refractivity contribution >= 4 is 18.3 Å². The van der Waals surface area contributed by atoms with Crippen molar-refractivity contribution in [3.05, 3.63) is 0 Å². The smallest absolute Gasteiger partial charge is 0.234 e. The maximum atomic E-state index is 12.2. The van der Waals surface area contributed by atoms with Crippen LogP contribution in [0.5, 0.6) is 0 Å². The van der Waals surface area contributed by atoms with E-state index in [0.717, 1.165) is 19.6 Å². The van der Waals surface area contributed by atoms with Gasteiger partial charge in [-0.1, -0.05) is 19.3 Å². The van der Waals surface area contributed by atoms with Crippen LogP contribution < -0.4 is 10.6 Å². The minimum atomic E-state index is -0.134.